The van der Waals surface area contributed by atoms with Gasteiger partial charge in [-0.05, 0) is 44.5 Å². The van der Waals surface area contributed by atoms with Gasteiger partial charge in [0.05, 0.1) is 29.0 Å². The Bertz CT molecular complexity index is 983. The Morgan fingerprint density at radius 2 is 2.00 bits per heavy atom. The standard InChI is InChI=1S/C20H26N4O3S2/c1-15-6-2-3-7-17(15)24-11-8-21-20(24)28-12-19(25)22-16-13-29(26,27)14-18(16)23-9-4-5-10-23/h2-3,6-8,11,16,18H,4-5,9-10,12-14H2,1H3,(H,22,25). The van der Waals surface area contributed by atoms with Crippen molar-refractivity contribution in [3.8, 4) is 5.69 Å². The Labute approximate surface area is 175 Å². The van der Waals surface area contributed by atoms with Gasteiger partial charge in [-0.25, -0.2) is 13.4 Å². The highest BCUT2D eigenvalue weighted by atomic mass is 32.2. The second-order valence-corrected chi connectivity index (χ2v) is 10.8. The summed E-state index contributed by atoms with van der Waals surface area (Å²) >= 11 is 1.36. The zero-order valence-electron chi connectivity index (χ0n) is 16.5. The number of carbonyl (C=O) groups excluding carboxylic acids is 1. The SMILES string of the molecule is Cc1ccccc1-n1ccnc1SCC(=O)NC1CS(=O)(=O)CC1N1CCCC1. The van der Waals surface area contributed by atoms with Gasteiger partial charge in [-0.1, -0.05) is 30.0 Å². The van der Waals surface area contributed by atoms with Crippen LogP contribution < -0.4 is 5.32 Å². The van der Waals surface area contributed by atoms with Crippen molar-refractivity contribution in [1.29, 1.82) is 0 Å². The molecule has 0 bridgehead atoms. The molecule has 2 fully saturated rings. The molecular weight excluding hydrogens is 408 g/mol. The third-order valence-electron chi connectivity index (χ3n) is 5.59. The van der Waals surface area contributed by atoms with E-state index in [0.29, 0.717) is 0 Å². The monoisotopic (exact) mass is 434 g/mol. The molecule has 2 unspecified atom stereocenters. The van der Waals surface area contributed by atoms with Crippen LogP contribution >= 0.6 is 11.8 Å². The maximum absolute atomic E-state index is 12.6. The van der Waals surface area contributed by atoms with Gasteiger partial charge in [-0.3, -0.25) is 14.3 Å². The first-order valence-corrected chi connectivity index (χ1v) is 12.7. The summed E-state index contributed by atoms with van der Waals surface area (Å²) in [6.45, 7) is 3.86. The molecule has 2 saturated heterocycles. The van der Waals surface area contributed by atoms with Crippen LogP contribution in [0.5, 0.6) is 0 Å². The Kier molecular flexibility index (Phi) is 5.98. The number of para-hydroxylation sites is 1. The van der Waals surface area contributed by atoms with Gasteiger partial charge in [0.25, 0.3) is 0 Å². The van der Waals surface area contributed by atoms with Crippen LogP contribution in [0.4, 0.5) is 0 Å². The number of sulfone groups is 1. The fourth-order valence-corrected chi connectivity index (χ4v) is 6.92. The lowest BCUT2D eigenvalue weighted by Gasteiger charge is -2.28. The smallest absolute Gasteiger partial charge is 0.230 e. The van der Waals surface area contributed by atoms with Gasteiger partial charge in [0, 0.05) is 18.4 Å². The minimum atomic E-state index is -3.11. The van der Waals surface area contributed by atoms with Crippen LogP contribution in [0.2, 0.25) is 0 Å². The molecule has 2 aliphatic rings. The van der Waals surface area contributed by atoms with Crippen molar-refractivity contribution in [1.82, 2.24) is 19.8 Å². The highest BCUT2D eigenvalue weighted by molar-refractivity contribution is 7.99. The van der Waals surface area contributed by atoms with E-state index in [0.717, 1.165) is 42.3 Å². The zero-order chi connectivity index (χ0) is 20.4. The summed E-state index contributed by atoms with van der Waals surface area (Å²) in [6, 6.07) is 7.58. The number of likely N-dealkylation sites (tertiary alicyclic amines) is 1. The Morgan fingerprint density at radius 1 is 1.24 bits per heavy atom. The van der Waals surface area contributed by atoms with Crippen molar-refractivity contribution in [2.75, 3.05) is 30.3 Å². The van der Waals surface area contributed by atoms with Gasteiger partial charge in [-0.15, -0.1) is 0 Å². The Balaban J connectivity index is 1.39. The van der Waals surface area contributed by atoms with E-state index in [4.69, 9.17) is 0 Å². The van der Waals surface area contributed by atoms with Crippen LogP contribution in [-0.2, 0) is 14.6 Å². The van der Waals surface area contributed by atoms with Gasteiger partial charge in [-0.2, -0.15) is 0 Å². The van der Waals surface area contributed by atoms with E-state index < -0.39 is 9.84 Å². The normalized spacial score (nSPS) is 24.0. The van der Waals surface area contributed by atoms with E-state index >= 15 is 0 Å². The minimum Gasteiger partial charge on any atom is -0.350 e. The second-order valence-electron chi connectivity index (χ2n) is 7.72. The predicted molar refractivity (Wildman–Crippen MR) is 114 cm³/mol. The lowest BCUT2D eigenvalue weighted by atomic mass is 10.1. The van der Waals surface area contributed by atoms with Crippen molar-refractivity contribution in [3.05, 3.63) is 42.2 Å². The summed E-state index contributed by atoms with van der Waals surface area (Å²) in [7, 11) is -3.11. The third-order valence-corrected chi connectivity index (χ3v) is 8.28. The molecule has 4 rings (SSSR count). The van der Waals surface area contributed by atoms with E-state index in [1.807, 2.05) is 42.0 Å². The molecule has 0 radical (unpaired) electrons. The highest BCUT2D eigenvalue weighted by Crippen LogP contribution is 2.24. The van der Waals surface area contributed by atoms with Crippen LogP contribution in [-0.4, -0.2) is 71.2 Å². The molecule has 29 heavy (non-hydrogen) atoms. The average Bonchev–Trinajstić information content (AvgIpc) is 3.40. The summed E-state index contributed by atoms with van der Waals surface area (Å²) in [6.07, 6.45) is 5.79. The number of carbonyl (C=O) groups is 1. The molecule has 3 heterocycles. The van der Waals surface area contributed by atoms with Crippen LogP contribution in [0.25, 0.3) is 5.69 Å². The van der Waals surface area contributed by atoms with E-state index in [1.54, 1.807) is 6.20 Å². The number of rotatable bonds is 6. The highest BCUT2D eigenvalue weighted by Gasteiger charge is 2.42. The molecule has 1 aromatic carbocycles. The second kappa shape index (κ2) is 8.49. The maximum atomic E-state index is 12.6. The van der Waals surface area contributed by atoms with Gasteiger partial charge >= 0.3 is 0 Å². The van der Waals surface area contributed by atoms with Crippen molar-refractivity contribution >= 4 is 27.5 Å². The molecule has 2 aromatic rings. The minimum absolute atomic E-state index is 0.0302. The summed E-state index contributed by atoms with van der Waals surface area (Å²) in [5.74, 6) is 0.220. The van der Waals surface area contributed by atoms with Crippen molar-refractivity contribution < 1.29 is 13.2 Å². The first kappa shape index (κ1) is 20.4. The number of benzene rings is 1. The average molecular weight is 435 g/mol. The summed E-state index contributed by atoms with van der Waals surface area (Å²) in [5.41, 5.74) is 2.16. The maximum Gasteiger partial charge on any atom is 0.230 e. The Hall–Kier alpha value is -1.84. The molecule has 156 valence electrons. The first-order chi connectivity index (χ1) is 13.9. The number of hydrogen-bond donors (Lipinski definition) is 1. The molecule has 2 aliphatic heterocycles. The van der Waals surface area contributed by atoms with Crippen molar-refractivity contribution in [2.24, 2.45) is 0 Å². The molecule has 1 aromatic heterocycles. The predicted octanol–water partition coefficient (Wildman–Crippen LogP) is 1.65. The summed E-state index contributed by atoms with van der Waals surface area (Å²) < 4.78 is 26.3. The fourth-order valence-electron chi connectivity index (χ4n) is 4.19. The summed E-state index contributed by atoms with van der Waals surface area (Å²) in [4.78, 5) is 19.2. The largest absolute Gasteiger partial charge is 0.350 e. The van der Waals surface area contributed by atoms with Crippen LogP contribution in [0, 0.1) is 6.92 Å². The molecule has 1 amide bonds. The van der Waals surface area contributed by atoms with E-state index in [1.165, 1.54) is 11.8 Å². The zero-order valence-corrected chi connectivity index (χ0v) is 18.1. The van der Waals surface area contributed by atoms with E-state index in [-0.39, 0.29) is 35.2 Å². The summed E-state index contributed by atoms with van der Waals surface area (Å²) in [5, 5.41) is 3.72. The number of nitrogens with zero attached hydrogens (tertiary/aromatic N) is 3. The van der Waals surface area contributed by atoms with Crippen molar-refractivity contribution in [2.45, 2.75) is 37.0 Å². The topological polar surface area (TPSA) is 84.3 Å². The number of nitrogens with one attached hydrogen (secondary N) is 1. The van der Waals surface area contributed by atoms with Crippen molar-refractivity contribution in [3.63, 3.8) is 0 Å². The molecule has 9 heteroatoms. The lowest BCUT2D eigenvalue weighted by Crippen LogP contribution is -2.50. The number of amides is 1. The third kappa shape index (κ3) is 4.67. The van der Waals surface area contributed by atoms with Gasteiger partial charge in [0.1, 0.15) is 0 Å². The molecular formula is C20H26N4O3S2. The first-order valence-electron chi connectivity index (χ1n) is 9.89. The number of hydrogen-bond acceptors (Lipinski definition) is 6. The van der Waals surface area contributed by atoms with E-state index in [2.05, 4.69) is 15.2 Å². The molecule has 2 atom stereocenters. The molecule has 0 aliphatic carbocycles. The van der Waals surface area contributed by atoms with Gasteiger partial charge in [0.2, 0.25) is 5.91 Å². The molecule has 7 nitrogen and oxygen atoms in total. The number of imidazole rings is 1. The lowest BCUT2D eigenvalue weighted by molar-refractivity contribution is -0.119. The number of thioether (sulfide) groups is 1. The van der Waals surface area contributed by atoms with Crippen LogP contribution in [0.1, 0.15) is 18.4 Å². The van der Waals surface area contributed by atoms with Crippen LogP contribution in [0.3, 0.4) is 0 Å². The molecule has 0 saturated carbocycles. The number of aryl methyl sites for hydroxylation is 1. The number of aromatic nitrogens is 2. The quantitative estimate of drug-likeness (QED) is 0.696. The van der Waals surface area contributed by atoms with Crippen LogP contribution in [0.15, 0.2) is 41.8 Å². The van der Waals surface area contributed by atoms with Gasteiger partial charge < -0.3 is 5.32 Å². The fraction of sp³-hybridized carbons (Fsp3) is 0.500. The molecule has 1 N–H and O–H groups in total. The van der Waals surface area contributed by atoms with E-state index in [9.17, 15) is 13.2 Å². The Morgan fingerprint density at radius 3 is 2.76 bits per heavy atom. The molecule has 0 spiro atoms. The van der Waals surface area contributed by atoms with Gasteiger partial charge in [0.15, 0.2) is 15.0 Å².